The molecule has 40 heavy (non-hydrogen) atoms. The highest BCUT2D eigenvalue weighted by Crippen LogP contribution is 2.37. The fourth-order valence-corrected chi connectivity index (χ4v) is 5.13. The fourth-order valence-electron chi connectivity index (χ4n) is 4.31. The number of amides is 3. The van der Waals surface area contributed by atoms with E-state index in [1.54, 1.807) is 42.5 Å². The standard InChI is InChI=1S/C30H23N3O6S/c1-19-6-4-9-22(14-19)31-28(34)17-32-29(35)27(40-30(32)36)16-25-24-11-3-2-8-21(24)12-13-26(25)39-18-20-7-5-10-23(15-20)33(37)38/h2-16H,17-18H2,1H3,(H,31,34)/b27-16-. The topological polar surface area (TPSA) is 119 Å². The van der Waals surface area contributed by atoms with Gasteiger partial charge in [-0.25, -0.2) is 0 Å². The van der Waals surface area contributed by atoms with Gasteiger partial charge in [0.1, 0.15) is 18.9 Å². The molecule has 1 saturated heterocycles. The largest absolute Gasteiger partial charge is 0.488 e. The monoisotopic (exact) mass is 553 g/mol. The van der Waals surface area contributed by atoms with Crippen LogP contribution in [0, 0.1) is 17.0 Å². The van der Waals surface area contributed by atoms with E-state index in [1.807, 2.05) is 43.3 Å². The molecule has 200 valence electrons. The number of non-ortho nitro benzene ring substituents is 1. The van der Waals surface area contributed by atoms with Crippen LogP contribution in [0.5, 0.6) is 5.75 Å². The zero-order valence-corrected chi connectivity index (χ0v) is 22.1. The summed E-state index contributed by atoms with van der Waals surface area (Å²) in [5.41, 5.74) is 2.69. The van der Waals surface area contributed by atoms with E-state index in [0.717, 1.165) is 33.0 Å². The first-order valence-electron chi connectivity index (χ1n) is 12.3. The second-order valence-corrected chi connectivity index (χ2v) is 10.1. The number of carbonyl (C=O) groups is 3. The fraction of sp³-hybridized carbons (Fsp3) is 0.100. The van der Waals surface area contributed by atoms with Gasteiger partial charge in [0.05, 0.1) is 9.83 Å². The van der Waals surface area contributed by atoms with Crippen molar-refractivity contribution in [3.05, 3.63) is 117 Å². The molecule has 3 amide bonds. The van der Waals surface area contributed by atoms with Gasteiger partial charge in [-0.1, -0.05) is 54.6 Å². The molecule has 0 unspecified atom stereocenters. The zero-order valence-electron chi connectivity index (χ0n) is 21.3. The van der Waals surface area contributed by atoms with Crippen molar-refractivity contribution >= 4 is 57.0 Å². The molecule has 1 fully saturated rings. The molecule has 10 heteroatoms. The molecule has 0 atom stereocenters. The number of nitrogens with zero attached hydrogens (tertiary/aromatic N) is 2. The van der Waals surface area contributed by atoms with E-state index in [4.69, 9.17) is 4.74 Å². The van der Waals surface area contributed by atoms with Crippen LogP contribution in [0.3, 0.4) is 0 Å². The second-order valence-electron chi connectivity index (χ2n) is 9.10. The molecule has 5 rings (SSSR count). The molecule has 4 aromatic carbocycles. The summed E-state index contributed by atoms with van der Waals surface area (Å²) in [4.78, 5) is 50.3. The van der Waals surface area contributed by atoms with Crippen LogP contribution in [0.2, 0.25) is 0 Å². The number of imide groups is 1. The molecule has 0 spiro atoms. The van der Waals surface area contributed by atoms with E-state index in [2.05, 4.69) is 5.32 Å². The number of carbonyl (C=O) groups excluding carboxylic acids is 3. The Balaban J connectivity index is 1.40. The van der Waals surface area contributed by atoms with Gasteiger partial charge >= 0.3 is 0 Å². The Kier molecular flexibility index (Phi) is 7.61. The lowest BCUT2D eigenvalue weighted by molar-refractivity contribution is -0.384. The first-order valence-corrected chi connectivity index (χ1v) is 13.1. The van der Waals surface area contributed by atoms with Crippen molar-refractivity contribution in [3.63, 3.8) is 0 Å². The van der Waals surface area contributed by atoms with Gasteiger partial charge < -0.3 is 10.1 Å². The smallest absolute Gasteiger partial charge is 0.294 e. The number of aryl methyl sites for hydroxylation is 1. The molecule has 1 heterocycles. The number of ether oxygens (including phenoxy) is 1. The molecule has 0 saturated carbocycles. The SMILES string of the molecule is Cc1cccc(NC(=O)CN2C(=O)S/C(=C\c3c(OCc4cccc([N+](=O)[O-])c4)ccc4ccccc34)C2=O)c1. The lowest BCUT2D eigenvalue weighted by atomic mass is 10.0. The normalized spacial score (nSPS) is 14.1. The van der Waals surface area contributed by atoms with Gasteiger partial charge in [0, 0.05) is 23.4 Å². The Morgan fingerprint density at radius 1 is 1.02 bits per heavy atom. The predicted octanol–water partition coefficient (Wildman–Crippen LogP) is 6.31. The van der Waals surface area contributed by atoms with Crippen LogP contribution in [0.1, 0.15) is 16.7 Å². The number of nitrogens with one attached hydrogen (secondary N) is 1. The van der Waals surface area contributed by atoms with Crippen molar-refractivity contribution < 1.29 is 24.0 Å². The van der Waals surface area contributed by atoms with Crippen molar-refractivity contribution in [1.82, 2.24) is 4.90 Å². The van der Waals surface area contributed by atoms with E-state index < -0.39 is 28.5 Å². The van der Waals surface area contributed by atoms with Crippen molar-refractivity contribution in [2.24, 2.45) is 0 Å². The number of hydrogen-bond acceptors (Lipinski definition) is 7. The van der Waals surface area contributed by atoms with Gasteiger partial charge in [-0.2, -0.15) is 0 Å². The predicted molar refractivity (Wildman–Crippen MR) is 154 cm³/mol. The van der Waals surface area contributed by atoms with Gasteiger partial charge in [-0.15, -0.1) is 0 Å². The highest BCUT2D eigenvalue weighted by Gasteiger charge is 2.36. The van der Waals surface area contributed by atoms with Crippen LogP contribution < -0.4 is 10.1 Å². The summed E-state index contributed by atoms with van der Waals surface area (Å²) >= 11 is 0.752. The van der Waals surface area contributed by atoms with Crippen LogP contribution in [0.25, 0.3) is 16.8 Å². The molecule has 0 aliphatic carbocycles. The number of nitro benzene ring substituents is 1. The van der Waals surface area contributed by atoms with E-state index in [-0.39, 0.29) is 17.2 Å². The molecule has 9 nitrogen and oxygen atoms in total. The number of hydrogen-bond donors (Lipinski definition) is 1. The summed E-state index contributed by atoms with van der Waals surface area (Å²) < 4.78 is 6.06. The molecule has 1 aliphatic rings. The Morgan fingerprint density at radius 2 is 1.82 bits per heavy atom. The highest BCUT2D eigenvalue weighted by atomic mass is 32.2. The Morgan fingerprint density at radius 3 is 2.62 bits per heavy atom. The third-order valence-corrected chi connectivity index (χ3v) is 7.11. The van der Waals surface area contributed by atoms with Crippen LogP contribution in [-0.2, 0) is 16.2 Å². The summed E-state index contributed by atoms with van der Waals surface area (Å²) in [5.74, 6) is -0.624. The van der Waals surface area contributed by atoms with Gasteiger partial charge in [-0.05, 0) is 64.9 Å². The minimum Gasteiger partial charge on any atom is -0.488 e. The van der Waals surface area contributed by atoms with Crippen molar-refractivity contribution in [2.75, 3.05) is 11.9 Å². The first kappa shape index (κ1) is 26.6. The number of nitro groups is 1. The molecular weight excluding hydrogens is 530 g/mol. The molecular formula is C30H23N3O6S. The van der Waals surface area contributed by atoms with E-state index >= 15 is 0 Å². The molecule has 4 aromatic rings. The summed E-state index contributed by atoms with van der Waals surface area (Å²) in [6, 6.07) is 24.5. The van der Waals surface area contributed by atoms with Crippen molar-refractivity contribution in [1.29, 1.82) is 0 Å². The highest BCUT2D eigenvalue weighted by molar-refractivity contribution is 8.18. The lowest BCUT2D eigenvalue weighted by Gasteiger charge is -2.14. The lowest BCUT2D eigenvalue weighted by Crippen LogP contribution is -2.36. The van der Waals surface area contributed by atoms with Crippen molar-refractivity contribution in [2.45, 2.75) is 13.5 Å². The Labute approximate surface area is 233 Å². The quantitative estimate of drug-likeness (QED) is 0.154. The number of anilines is 1. The minimum atomic E-state index is -0.577. The number of benzene rings is 4. The molecule has 0 radical (unpaired) electrons. The van der Waals surface area contributed by atoms with Gasteiger partial charge in [0.2, 0.25) is 5.91 Å². The molecule has 1 N–H and O–H groups in total. The average Bonchev–Trinajstić information content (AvgIpc) is 3.20. The summed E-state index contributed by atoms with van der Waals surface area (Å²) in [5, 5.41) is 15.0. The molecule has 0 bridgehead atoms. The first-order chi connectivity index (χ1) is 19.3. The van der Waals surface area contributed by atoms with Crippen molar-refractivity contribution in [3.8, 4) is 5.75 Å². The maximum Gasteiger partial charge on any atom is 0.294 e. The third kappa shape index (κ3) is 5.87. The van der Waals surface area contributed by atoms with Gasteiger partial charge in [0.15, 0.2) is 0 Å². The summed E-state index contributed by atoms with van der Waals surface area (Å²) in [7, 11) is 0. The third-order valence-electron chi connectivity index (χ3n) is 6.20. The van der Waals surface area contributed by atoms with E-state index in [1.165, 1.54) is 12.1 Å². The maximum atomic E-state index is 13.2. The number of thioether (sulfide) groups is 1. The van der Waals surface area contributed by atoms with Gasteiger partial charge in [0.25, 0.3) is 16.8 Å². The van der Waals surface area contributed by atoms with Crippen LogP contribution in [-0.4, -0.2) is 33.4 Å². The molecule has 1 aliphatic heterocycles. The Bertz CT molecular complexity index is 1700. The Hall–Kier alpha value is -4.96. The summed E-state index contributed by atoms with van der Waals surface area (Å²) in [6.45, 7) is 1.54. The van der Waals surface area contributed by atoms with Crippen LogP contribution >= 0.6 is 11.8 Å². The van der Waals surface area contributed by atoms with Gasteiger partial charge in [-0.3, -0.25) is 29.4 Å². The van der Waals surface area contributed by atoms with Crippen LogP contribution in [0.15, 0.2) is 89.8 Å². The maximum absolute atomic E-state index is 13.2. The average molecular weight is 554 g/mol. The van der Waals surface area contributed by atoms with E-state index in [0.29, 0.717) is 22.6 Å². The zero-order chi connectivity index (χ0) is 28.2. The van der Waals surface area contributed by atoms with E-state index in [9.17, 15) is 24.5 Å². The number of rotatable bonds is 8. The second kappa shape index (κ2) is 11.4. The number of fused-ring (bicyclic) bond motifs is 1. The minimum absolute atomic E-state index is 0.0417. The molecule has 0 aromatic heterocycles. The summed E-state index contributed by atoms with van der Waals surface area (Å²) in [6.07, 6.45) is 1.59. The van der Waals surface area contributed by atoms with Crippen LogP contribution in [0.4, 0.5) is 16.2 Å².